The summed E-state index contributed by atoms with van der Waals surface area (Å²) in [4.78, 5) is 58.4. The van der Waals surface area contributed by atoms with Crippen molar-refractivity contribution >= 4 is 41.1 Å². The summed E-state index contributed by atoms with van der Waals surface area (Å²) in [5.41, 5.74) is 16.6. The number of quaternary nitrogens is 1. The van der Waals surface area contributed by atoms with E-state index in [0.29, 0.717) is 88.1 Å². The van der Waals surface area contributed by atoms with Crippen LogP contribution >= 0.6 is 0 Å². The van der Waals surface area contributed by atoms with Gasteiger partial charge in [0.05, 0.1) is 31.2 Å². The van der Waals surface area contributed by atoms with Gasteiger partial charge in [-0.1, -0.05) is 17.9 Å². The third kappa shape index (κ3) is 8.96. The highest BCUT2D eigenvalue weighted by Crippen LogP contribution is 2.42. The first kappa shape index (κ1) is 44.0. The number of carbonyl (C=O) groups excluding carboxylic acids is 4. The number of halogens is 2. The maximum absolute atomic E-state index is 14.7. The minimum atomic E-state index is -2.71. The summed E-state index contributed by atoms with van der Waals surface area (Å²) in [6, 6.07) is 8.33. The predicted molar refractivity (Wildman–Crippen MR) is 234 cm³/mol. The lowest BCUT2D eigenvalue weighted by molar-refractivity contribution is -0.886. The number of aryl methyl sites for hydroxylation is 1. The van der Waals surface area contributed by atoms with Crippen LogP contribution in [0, 0.1) is 17.0 Å². The molecule has 2 atom stereocenters. The summed E-state index contributed by atoms with van der Waals surface area (Å²) in [7, 11) is 1.71. The van der Waals surface area contributed by atoms with Crippen molar-refractivity contribution in [1.82, 2.24) is 25.6 Å². The van der Waals surface area contributed by atoms with Crippen LogP contribution in [-0.4, -0.2) is 114 Å². The second-order valence-electron chi connectivity index (χ2n) is 17.6. The van der Waals surface area contributed by atoms with Gasteiger partial charge in [0, 0.05) is 105 Å². The number of alkyl halides is 2. The second-order valence-corrected chi connectivity index (χ2v) is 17.6. The third-order valence-electron chi connectivity index (χ3n) is 13.7. The Kier molecular flexibility index (Phi) is 13.0. The number of nitrogens with one attached hydrogen (secondary N) is 3. The Morgan fingerprint density at radius 1 is 1.05 bits per heavy atom. The number of amides is 4. The van der Waals surface area contributed by atoms with E-state index < -0.39 is 18.4 Å². The van der Waals surface area contributed by atoms with Gasteiger partial charge >= 0.3 is 0 Å². The number of fused-ring (bicyclic) bond motifs is 2. The van der Waals surface area contributed by atoms with Crippen LogP contribution < -0.4 is 26.4 Å². The van der Waals surface area contributed by atoms with E-state index in [2.05, 4.69) is 37.5 Å². The third-order valence-corrected chi connectivity index (χ3v) is 13.7. The molecule has 2 aromatic rings. The molecule has 334 valence electrons. The van der Waals surface area contributed by atoms with Gasteiger partial charge in [-0.15, -0.1) is 0 Å². The Morgan fingerprint density at radius 3 is 2.59 bits per heavy atom. The van der Waals surface area contributed by atoms with Crippen LogP contribution in [0.1, 0.15) is 116 Å². The van der Waals surface area contributed by atoms with Gasteiger partial charge in [0.25, 0.3) is 12.3 Å². The van der Waals surface area contributed by atoms with Crippen molar-refractivity contribution in [1.29, 1.82) is 0 Å². The van der Waals surface area contributed by atoms with Crippen LogP contribution in [0.5, 0.6) is 0 Å². The number of carbonyl (C=O) groups is 4. The van der Waals surface area contributed by atoms with Crippen LogP contribution in [0.15, 0.2) is 47.8 Å². The van der Waals surface area contributed by atoms with E-state index in [1.165, 1.54) is 11.1 Å². The molecule has 6 aliphatic rings. The lowest BCUT2D eigenvalue weighted by atomic mass is 9.91. The van der Waals surface area contributed by atoms with Gasteiger partial charge in [-0.25, -0.2) is 14.2 Å². The first-order chi connectivity index (χ1) is 30.4. The van der Waals surface area contributed by atoms with Gasteiger partial charge in [-0.2, -0.15) is 0 Å². The number of rotatable bonds is 11. The molecule has 6 heterocycles. The van der Waals surface area contributed by atoms with Gasteiger partial charge in [-0.05, 0) is 79.5 Å². The molecule has 0 spiro atoms. The summed E-state index contributed by atoms with van der Waals surface area (Å²) in [6.07, 6.45) is 7.29. The molecular weight excluding hydrogens is 809 g/mol. The second kappa shape index (κ2) is 18.6. The largest absolute Gasteiger partial charge is 0.633 e. The van der Waals surface area contributed by atoms with Crippen LogP contribution in [-0.2, 0) is 27.3 Å². The van der Waals surface area contributed by atoms with E-state index in [1.54, 1.807) is 38.4 Å². The van der Waals surface area contributed by atoms with Crippen molar-refractivity contribution < 1.29 is 37.6 Å². The first-order valence-electron chi connectivity index (χ1n) is 22.4. The summed E-state index contributed by atoms with van der Waals surface area (Å²) in [6.45, 7) is 5.11. The number of imide groups is 1. The van der Waals surface area contributed by atoms with Crippen LogP contribution in [0.2, 0.25) is 0 Å². The molecule has 5 N–H and O–H groups in total. The minimum Gasteiger partial charge on any atom is -0.633 e. The number of benzene rings is 2. The molecular formula is C47H58F2N9O5+. The smallest absolute Gasteiger partial charge is 0.264 e. The standard InChI is InChI=1S/C47H57F2N9O5/c1-30(59)54-20-16-40-39(28-54)45(55-19-9-12-32-24-36(33(26-50)27-51-2)37(44(48)49)25-42(32)55)53-57(40)34-17-22-58(63,23-18-34)21-7-5-3-4-6-10-31-11-8-13-35-38(31)29-56(47(35)62)41-14-15-43(60)52-46(41)61/h8,11,13,24-27,34,41,44-45,53H,3-5,7,9,12,14-23,28-29,50H2,1-2H3,(H,52,60,61)/p+1/b33-26+,51-27?. The lowest BCUT2D eigenvalue weighted by Gasteiger charge is -2.49. The average Bonchev–Trinajstić information content (AvgIpc) is 3.82. The number of likely N-dealkylation sites (tertiary alicyclic amines) is 1. The van der Waals surface area contributed by atoms with Gasteiger partial charge in [0.2, 0.25) is 17.7 Å². The number of piperidine rings is 2. The minimum absolute atomic E-state index is 0.000376. The van der Waals surface area contributed by atoms with E-state index in [1.807, 2.05) is 17.0 Å². The molecule has 2 saturated heterocycles. The Balaban J connectivity index is 0.872. The van der Waals surface area contributed by atoms with Crippen molar-refractivity contribution in [2.24, 2.45) is 5.73 Å². The number of anilines is 1. The topological polar surface area (TPSA) is 168 Å². The van der Waals surface area contributed by atoms with Crippen LogP contribution in [0.3, 0.4) is 0 Å². The summed E-state index contributed by atoms with van der Waals surface area (Å²) < 4.78 is 29.1. The monoisotopic (exact) mass is 866 g/mol. The molecule has 0 saturated carbocycles. The number of unbranched alkanes of at least 4 members (excludes halogenated alkanes) is 3. The number of hydrogen-bond acceptors (Lipinski definition) is 9. The predicted octanol–water partition coefficient (Wildman–Crippen LogP) is 2.96. The van der Waals surface area contributed by atoms with E-state index in [9.17, 15) is 33.2 Å². The molecule has 2 fully saturated rings. The van der Waals surface area contributed by atoms with Gasteiger partial charge in [0.15, 0.2) is 6.21 Å². The summed E-state index contributed by atoms with van der Waals surface area (Å²) in [5, 5.41) is 18.6. The molecule has 63 heavy (non-hydrogen) atoms. The van der Waals surface area contributed by atoms with Gasteiger partial charge < -0.3 is 35.3 Å². The van der Waals surface area contributed by atoms with Crippen molar-refractivity contribution in [3.05, 3.63) is 86.4 Å². The van der Waals surface area contributed by atoms with Crippen LogP contribution in [0.25, 0.3) is 5.57 Å². The van der Waals surface area contributed by atoms with E-state index >= 15 is 0 Å². The molecule has 0 radical (unpaired) electrons. The highest BCUT2D eigenvalue weighted by atomic mass is 19.3. The van der Waals surface area contributed by atoms with E-state index in [4.69, 9.17) is 5.73 Å². The molecule has 4 amide bonds. The Morgan fingerprint density at radius 2 is 1.86 bits per heavy atom. The average molecular weight is 867 g/mol. The number of allylic oxidation sites excluding steroid dienone is 1. The summed E-state index contributed by atoms with van der Waals surface area (Å²) >= 11 is 0. The fourth-order valence-corrected chi connectivity index (χ4v) is 10.3. The molecule has 16 heteroatoms. The SMILES string of the molecule is C[NH+]=C/C(=C\N)c1cc2c(cc1C(F)F)N(C1NN(C3CC[N+]([O-])(CCCCCC#Cc4cccc5c4CN(C4CCC(=O)NC4=O)C5=O)CC3)C3=C1CN(C(C)=O)CC3)CCC2. The lowest BCUT2D eigenvalue weighted by Crippen LogP contribution is -2.63. The highest BCUT2D eigenvalue weighted by molar-refractivity contribution is 6.08. The number of nitrogens with zero attached hydrogens (tertiary/aromatic N) is 5. The molecule has 0 bridgehead atoms. The van der Waals surface area contributed by atoms with E-state index in [-0.39, 0.29) is 53.1 Å². The van der Waals surface area contributed by atoms with Crippen molar-refractivity contribution in [2.75, 3.05) is 51.2 Å². The molecule has 14 nitrogen and oxygen atoms in total. The zero-order chi connectivity index (χ0) is 44.4. The zero-order valence-corrected chi connectivity index (χ0v) is 36.2. The Hall–Kier alpha value is -5.63. The Bertz CT molecular complexity index is 2310. The Labute approximate surface area is 367 Å². The normalized spacial score (nSPS) is 25.1. The highest BCUT2D eigenvalue weighted by Gasteiger charge is 2.44. The fourth-order valence-electron chi connectivity index (χ4n) is 10.3. The number of hydrogen-bond donors (Lipinski definition) is 4. The number of hydrazine groups is 1. The maximum Gasteiger partial charge on any atom is 0.264 e. The fraction of sp³-hybridized carbons (Fsp3) is 0.511. The quantitative estimate of drug-likeness (QED) is 0.0664. The molecule has 0 aliphatic carbocycles. The maximum atomic E-state index is 14.7. The zero-order valence-electron chi connectivity index (χ0n) is 36.2. The van der Waals surface area contributed by atoms with Crippen molar-refractivity contribution in [2.45, 2.75) is 109 Å². The van der Waals surface area contributed by atoms with Crippen molar-refractivity contribution in [3.8, 4) is 11.8 Å². The van der Waals surface area contributed by atoms with Crippen molar-refractivity contribution in [3.63, 3.8) is 0 Å². The summed E-state index contributed by atoms with van der Waals surface area (Å²) in [5.74, 6) is 5.52. The molecule has 2 aromatic carbocycles. The van der Waals surface area contributed by atoms with Gasteiger partial charge in [-0.3, -0.25) is 29.5 Å². The molecule has 2 unspecified atom stereocenters. The van der Waals surface area contributed by atoms with E-state index in [0.717, 1.165) is 65.8 Å². The van der Waals surface area contributed by atoms with Crippen LogP contribution in [0.4, 0.5) is 14.5 Å². The van der Waals surface area contributed by atoms with Gasteiger partial charge in [0.1, 0.15) is 19.3 Å². The number of hydroxylamine groups is 3. The first-order valence-corrected chi connectivity index (χ1v) is 22.4. The molecule has 6 aliphatic heterocycles. The number of nitrogens with two attached hydrogens (primary N) is 1. The molecule has 0 aromatic heterocycles. The molecule has 8 rings (SSSR count).